The summed E-state index contributed by atoms with van der Waals surface area (Å²) in [5.41, 5.74) is -0.00463. The third kappa shape index (κ3) is 0.556. The molecule has 1 amide bonds. The molecule has 0 aromatic carbocycles. The van der Waals surface area contributed by atoms with Gasteiger partial charge in [-0.2, -0.15) is 0 Å². The molecule has 0 unspecified atom stereocenters. The molecule has 4 heteroatoms. The van der Waals surface area contributed by atoms with Crippen LogP contribution in [0.25, 0.3) is 0 Å². The van der Waals surface area contributed by atoms with E-state index in [-0.39, 0.29) is 5.70 Å². The van der Waals surface area contributed by atoms with Crippen LogP contribution in [0, 0.1) is 0 Å². The van der Waals surface area contributed by atoms with Crippen molar-refractivity contribution in [3.8, 4) is 0 Å². The van der Waals surface area contributed by atoms with Gasteiger partial charge in [0, 0.05) is 0 Å². The molecule has 4 nitrogen and oxygen atoms in total. The first-order valence-electron chi connectivity index (χ1n) is 1.92. The van der Waals surface area contributed by atoms with E-state index in [1.165, 1.54) is 0 Å². The highest BCUT2D eigenvalue weighted by Crippen LogP contribution is 1.98. The Balaban J connectivity index is 2.79. The monoisotopic (exact) mass is 113 g/mol. The van der Waals surface area contributed by atoms with Crippen LogP contribution >= 0.6 is 0 Å². The minimum absolute atomic E-state index is 0.00463. The topological polar surface area (TPSA) is 55.4 Å². The fraction of sp³-hybridized carbons (Fsp3) is 0. The highest BCUT2D eigenvalue weighted by atomic mass is 16.6. The SMILES string of the molecule is C=C1NC(=O)OC1=O. The molecule has 0 aliphatic carbocycles. The van der Waals surface area contributed by atoms with Crippen molar-refractivity contribution in [2.24, 2.45) is 0 Å². The first kappa shape index (κ1) is 4.83. The number of carbonyl (C=O) groups is 2. The van der Waals surface area contributed by atoms with Crippen LogP contribution in [0.4, 0.5) is 4.79 Å². The van der Waals surface area contributed by atoms with Gasteiger partial charge in [0.2, 0.25) is 0 Å². The van der Waals surface area contributed by atoms with Gasteiger partial charge in [0.15, 0.2) is 0 Å². The van der Waals surface area contributed by atoms with Crippen molar-refractivity contribution < 1.29 is 14.3 Å². The van der Waals surface area contributed by atoms with E-state index >= 15 is 0 Å². The van der Waals surface area contributed by atoms with E-state index in [9.17, 15) is 9.59 Å². The second-order valence-electron chi connectivity index (χ2n) is 1.28. The third-order valence-corrected chi connectivity index (χ3v) is 0.685. The van der Waals surface area contributed by atoms with Gasteiger partial charge in [-0.1, -0.05) is 6.58 Å². The minimum atomic E-state index is -0.750. The Kier molecular flexibility index (Phi) is 0.802. The number of carbonyl (C=O) groups excluding carboxylic acids is 2. The van der Waals surface area contributed by atoms with Gasteiger partial charge in [-0.15, -0.1) is 0 Å². The Morgan fingerprint density at radius 1 is 1.50 bits per heavy atom. The molecule has 1 fully saturated rings. The maximum atomic E-state index is 10.2. The van der Waals surface area contributed by atoms with Crippen LogP contribution in [-0.4, -0.2) is 12.1 Å². The molecule has 1 N–H and O–H groups in total. The average Bonchev–Trinajstić information content (AvgIpc) is 1.85. The molecule has 0 atom stereocenters. The Morgan fingerprint density at radius 3 is 2.25 bits per heavy atom. The van der Waals surface area contributed by atoms with Crippen molar-refractivity contribution in [2.75, 3.05) is 0 Å². The van der Waals surface area contributed by atoms with E-state index in [1.807, 2.05) is 0 Å². The normalized spacial score (nSPS) is 18.2. The maximum Gasteiger partial charge on any atom is 0.419 e. The largest absolute Gasteiger partial charge is 0.419 e. The predicted octanol–water partition coefficient (Wildman–Crippen LogP) is -0.233. The van der Waals surface area contributed by atoms with Gasteiger partial charge in [0.25, 0.3) is 0 Å². The van der Waals surface area contributed by atoms with Crippen molar-refractivity contribution in [1.29, 1.82) is 0 Å². The molecule has 0 saturated carbocycles. The molecule has 1 aliphatic rings. The van der Waals surface area contributed by atoms with Crippen molar-refractivity contribution in [2.45, 2.75) is 0 Å². The van der Waals surface area contributed by atoms with E-state index in [1.54, 1.807) is 0 Å². The van der Waals surface area contributed by atoms with Gasteiger partial charge in [0.1, 0.15) is 5.70 Å². The summed E-state index contributed by atoms with van der Waals surface area (Å²) in [6.07, 6.45) is -0.750. The average molecular weight is 113 g/mol. The number of esters is 1. The lowest BCUT2D eigenvalue weighted by atomic mass is 10.5. The molecule has 1 heterocycles. The van der Waals surface area contributed by atoms with Crippen molar-refractivity contribution in [3.05, 3.63) is 12.3 Å². The highest BCUT2D eigenvalue weighted by molar-refractivity contribution is 6.03. The van der Waals surface area contributed by atoms with E-state index in [4.69, 9.17) is 0 Å². The van der Waals surface area contributed by atoms with Crippen LogP contribution in [0.3, 0.4) is 0 Å². The number of hydrogen-bond donors (Lipinski definition) is 1. The summed E-state index contributed by atoms with van der Waals surface area (Å²) >= 11 is 0. The van der Waals surface area contributed by atoms with Crippen LogP contribution in [0.1, 0.15) is 0 Å². The van der Waals surface area contributed by atoms with E-state index in [0.717, 1.165) is 0 Å². The van der Waals surface area contributed by atoms with Gasteiger partial charge in [-0.25, -0.2) is 9.59 Å². The quantitative estimate of drug-likeness (QED) is 0.268. The lowest BCUT2D eigenvalue weighted by Crippen LogP contribution is -2.10. The summed E-state index contributed by atoms with van der Waals surface area (Å²) in [6, 6.07) is 0. The first-order chi connectivity index (χ1) is 3.70. The van der Waals surface area contributed by atoms with E-state index < -0.39 is 12.1 Å². The van der Waals surface area contributed by atoms with Crippen LogP contribution in [-0.2, 0) is 9.53 Å². The number of ether oxygens (including phenoxy) is 1. The minimum Gasteiger partial charge on any atom is -0.371 e. The smallest absolute Gasteiger partial charge is 0.371 e. The molecule has 0 aromatic rings. The summed E-state index contributed by atoms with van der Waals surface area (Å²) in [7, 11) is 0. The third-order valence-electron chi connectivity index (χ3n) is 0.685. The second kappa shape index (κ2) is 1.33. The number of nitrogens with one attached hydrogen (secondary N) is 1. The molecule has 0 spiro atoms. The summed E-state index contributed by atoms with van der Waals surface area (Å²) in [5, 5.41) is 2.06. The fourth-order valence-electron chi connectivity index (χ4n) is 0.346. The molecular formula is C4H3NO3. The molecule has 0 radical (unpaired) electrons. The Hall–Kier alpha value is -1.32. The van der Waals surface area contributed by atoms with Gasteiger partial charge in [-0.3, -0.25) is 5.32 Å². The van der Waals surface area contributed by atoms with Crippen molar-refractivity contribution in [3.63, 3.8) is 0 Å². The molecule has 8 heavy (non-hydrogen) atoms. The van der Waals surface area contributed by atoms with E-state index in [2.05, 4.69) is 16.6 Å². The highest BCUT2D eigenvalue weighted by Gasteiger charge is 2.23. The molecule has 1 aliphatic heterocycles. The lowest BCUT2D eigenvalue weighted by molar-refractivity contribution is -0.130. The number of cyclic esters (lactones) is 2. The van der Waals surface area contributed by atoms with Gasteiger partial charge in [-0.05, 0) is 0 Å². The zero-order valence-electron chi connectivity index (χ0n) is 3.93. The Morgan fingerprint density at radius 2 is 2.12 bits per heavy atom. The summed E-state index contributed by atoms with van der Waals surface area (Å²) < 4.78 is 3.98. The molecule has 1 saturated heterocycles. The Labute approximate surface area is 45.1 Å². The lowest BCUT2D eigenvalue weighted by Gasteiger charge is -1.77. The van der Waals surface area contributed by atoms with Crippen LogP contribution in [0.15, 0.2) is 12.3 Å². The van der Waals surface area contributed by atoms with Crippen molar-refractivity contribution in [1.82, 2.24) is 5.32 Å². The molecular weight excluding hydrogens is 110 g/mol. The zero-order valence-corrected chi connectivity index (χ0v) is 3.93. The molecule has 42 valence electrons. The summed E-state index contributed by atoms with van der Waals surface area (Å²) in [5.74, 6) is -0.699. The first-order valence-corrected chi connectivity index (χ1v) is 1.92. The van der Waals surface area contributed by atoms with Gasteiger partial charge in [0.05, 0.1) is 0 Å². The van der Waals surface area contributed by atoms with Crippen LogP contribution in [0.2, 0.25) is 0 Å². The van der Waals surface area contributed by atoms with Crippen LogP contribution in [0.5, 0.6) is 0 Å². The predicted molar refractivity (Wildman–Crippen MR) is 23.8 cm³/mol. The van der Waals surface area contributed by atoms with Crippen molar-refractivity contribution >= 4 is 12.1 Å². The van der Waals surface area contributed by atoms with Gasteiger partial charge < -0.3 is 4.74 Å². The number of hydrogen-bond acceptors (Lipinski definition) is 3. The summed E-state index contributed by atoms with van der Waals surface area (Å²) in [4.78, 5) is 20.2. The second-order valence-corrected chi connectivity index (χ2v) is 1.28. The molecule has 0 aromatic heterocycles. The standard InChI is InChI=1S/C4H3NO3/c1-2-3(6)8-4(7)5-2/h1H2,(H,5,7). The number of amides is 1. The summed E-state index contributed by atoms with van der Waals surface area (Å²) in [6.45, 7) is 3.18. The number of rotatable bonds is 0. The van der Waals surface area contributed by atoms with Crippen LogP contribution < -0.4 is 5.32 Å². The zero-order chi connectivity index (χ0) is 6.15. The maximum absolute atomic E-state index is 10.2. The molecule has 0 bridgehead atoms. The Bertz CT molecular complexity index is 154. The van der Waals surface area contributed by atoms with E-state index in [0.29, 0.717) is 0 Å². The molecule has 1 rings (SSSR count). The number of alkyl carbamates (subject to hydrolysis) is 1. The van der Waals surface area contributed by atoms with Gasteiger partial charge >= 0.3 is 12.1 Å². The fourth-order valence-corrected chi connectivity index (χ4v) is 0.346.